The van der Waals surface area contributed by atoms with E-state index in [9.17, 15) is 0 Å². The van der Waals surface area contributed by atoms with Gasteiger partial charge in [0.1, 0.15) is 0 Å². The lowest BCUT2D eigenvalue weighted by Crippen LogP contribution is -2.67. The van der Waals surface area contributed by atoms with Crippen molar-refractivity contribution in [1.82, 2.24) is 10.2 Å². The van der Waals surface area contributed by atoms with Crippen molar-refractivity contribution in [3.8, 4) is 0 Å². The third-order valence-corrected chi connectivity index (χ3v) is 6.08. The van der Waals surface area contributed by atoms with E-state index in [0.717, 1.165) is 19.7 Å². The number of nitrogens with one attached hydrogen (secondary N) is 1. The van der Waals surface area contributed by atoms with Crippen LogP contribution >= 0.6 is 0 Å². The van der Waals surface area contributed by atoms with Crippen LogP contribution in [0.1, 0.15) is 65.7 Å². The minimum Gasteiger partial charge on any atom is -0.374 e. The van der Waals surface area contributed by atoms with Crippen LogP contribution in [0, 0.1) is 5.92 Å². The van der Waals surface area contributed by atoms with E-state index in [1.807, 2.05) is 0 Å². The molecule has 3 heteroatoms. The van der Waals surface area contributed by atoms with E-state index in [1.165, 1.54) is 51.5 Å². The van der Waals surface area contributed by atoms with E-state index in [0.29, 0.717) is 17.5 Å². The van der Waals surface area contributed by atoms with Crippen LogP contribution < -0.4 is 5.32 Å². The summed E-state index contributed by atoms with van der Waals surface area (Å²) >= 11 is 0. The lowest BCUT2D eigenvalue weighted by molar-refractivity contribution is -0.0488. The summed E-state index contributed by atoms with van der Waals surface area (Å²) in [6.07, 6.45) is 9.44. The minimum absolute atomic E-state index is 0.0976. The van der Waals surface area contributed by atoms with Crippen LogP contribution in [0.3, 0.4) is 0 Å². The standard InChI is InChI=1S/C18H34N2O/c1-15(2)16-12-19-18(9-5-4-6-10-18)14-20(16)13-17(3)8-7-11-21-17/h15-16,19H,4-14H2,1-3H3. The molecule has 0 bridgehead atoms. The third kappa shape index (κ3) is 3.46. The van der Waals surface area contributed by atoms with E-state index >= 15 is 0 Å². The van der Waals surface area contributed by atoms with Crippen LogP contribution in [-0.4, -0.2) is 48.3 Å². The summed E-state index contributed by atoms with van der Waals surface area (Å²) in [5.74, 6) is 0.712. The summed E-state index contributed by atoms with van der Waals surface area (Å²) in [4.78, 5) is 2.78. The molecule has 1 saturated carbocycles. The van der Waals surface area contributed by atoms with Crippen molar-refractivity contribution in [2.75, 3.05) is 26.2 Å². The van der Waals surface area contributed by atoms with Crippen molar-refractivity contribution in [3.05, 3.63) is 0 Å². The Kier molecular flexibility index (Phi) is 4.63. The van der Waals surface area contributed by atoms with Gasteiger partial charge in [-0.2, -0.15) is 0 Å². The van der Waals surface area contributed by atoms with E-state index in [2.05, 4.69) is 31.0 Å². The largest absolute Gasteiger partial charge is 0.374 e. The molecule has 2 unspecified atom stereocenters. The highest BCUT2D eigenvalue weighted by Gasteiger charge is 2.43. The molecule has 122 valence electrons. The lowest BCUT2D eigenvalue weighted by Gasteiger charge is -2.52. The SMILES string of the molecule is CC(C)C1CNC2(CCCCC2)CN1CC1(C)CCCO1. The fraction of sp³-hybridized carbons (Fsp3) is 1.00. The zero-order valence-electron chi connectivity index (χ0n) is 14.3. The lowest BCUT2D eigenvalue weighted by atomic mass is 9.78. The van der Waals surface area contributed by atoms with Gasteiger partial charge in [-0.15, -0.1) is 0 Å². The van der Waals surface area contributed by atoms with Crippen molar-refractivity contribution in [1.29, 1.82) is 0 Å². The second kappa shape index (κ2) is 6.17. The molecular formula is C18H34N2O. The summed E-state index contributed by atoms with van der Waals surface area (Å²) < 4.78 is 6.08. The van der Waals surface area contributed by atoms with Gasteiger partial charge in [0.05, 0.1) is 5.60 Å². The van der Waals surface area contributed by atoms with Gasteiger partial charge in [-0.05, 0) is 38.5 Å². The van der Waals surface area contributed by atoms with Gasteiger partial charge in [0.15, 0.2) is 0 Å². The smallest absolute Gasteiger partial charge is 0.0781 e. The molecule has 1 spiro atoms. The molecule has 0 aromatic rings. The maximum atomic E-state index is 6.08. The molecular weight excluding hydrogens is 260 g/mol. The van der Waals surface area contributed by atoms with Crippen molar-refractivity contribution in [3.63, 3.8) is 0 Å². The molecule has 1 N–H and O–H groups in total. The summed E-state index contributed by atoms with van der Waals surface area (Å²) in [7, 11) is 0. The fourth-order valence-corrected chi connectivity index (χ4v) is 4.80. The molecule has 3 nitrogen and oxygen atoms in total. The average Bonchev–Trinajstić information content (AvgIpc) is 2.86. The van der Waals surface area contributed by atoms with Crippen molar-refractivity contribution in [2.24, 2.45) is 5.92 Å². The summed E-state index contributed by atoms with van der Waals surface area (Å²) in [6.45, 7) is 11.5. The molecule has 0 aromatic carbocycles. The molecule has 3 aliphatic rings. The van der Waals surface area contributed by atoms with E-state index in [-0.39, 0.29) is 5.60 Å². The van der Waals surface area contributed by atoms with Gasteiger partial charge in [-0.3, -0.25) is 4.90 Å². The molecule has 3 rings (SSSR count). The predicted molar refractivity (Wildman–Crippen MR) is 87.6 cm³/mol. The molecule has 3 fully saturated rings. The van der Waals surface area contributed by atoms with Crippen molar-refractivity contribution in [2.45, 2.75) is 82.9 Å². The van der Waals surface area contributed by atoms with Gasteiger partial charge >= 0.3 is 0 Å². The molecule has 21 heavy (non-hydrogen) atoms. The Morgan fingerprint density at radius 3 is 2.52 bits per heavy atom. The number of piperazine rings is 1. The Balaban J connectivity index is 1.71. The van der Waals surface area contributed by atoms with Crippen LogP contribution in [0.2, 0.25) is 0 Å². The van der Waals surface area contributed by atoms with Crippen LogP contribution in [0.5, 0.6) is 0 Å². The van der Waals surface area contributed by atoms with Crippen molar-refractivity contribution >= 4 is 0 Å². The van der Waals surface area contributed by atoms with Gasteiger partial charge in [0.2, 0.25) is 0 Å². The highest BCUT2D eigenvalue weighted by Crippen LogP contribution is 2.35. The molecule has 2 heterocycles. The Hall–Kier alpha value is -0.120. The van der Waals surface area contributed by atoms with Crippen LogP contribution in [0.25, 0.3) is 0 Å². The third-order valence-electron chi connectivity index (χ3n) is 6.08. The Morgan fingerprint density at radius 1 is 1.14 bits per heavy atom. The van der Waals surface area contributed by atoms with Crippen LogP contribution in [0.4, 0.5) is 0 Å². The van der Waals surface area contributed by atoms with Gasteiger partial charge in [-0.1, -0.05) is 33.1 Å². The zero-order valence-corrected chi connectivity index (χ0v) is 14.3. The fourth-order valence-electron chi connectivity index (χ4n) is 4.80. The van der Waals surface area contributed by atoms with Crippen LogP contribution in [-0.2, 0) is 4.74 Å². The monoisotopic (exact) mass is 294 g/mol. The highest BCUT2D eigenvalue weighted by atomic mass is 16.5. The predicted octanol–water partition coefficient (Wildman–Crippen LogP) is 3.19. The zero-order chi connectivity index (χ0) is 14.9. The molecule has 2 aliphatic heterocycles. The molecule has 0 aromatic heterocycles. The Bertz CT molecular complexity index is 343. The number of hydrogen-bond acceptors (Lipinski definition) is 3. The maximum Gasteiger partial charge on any atom is 0.0781 e. The molecule has 2 saturated heterocycles. The number of ether oxygens (including phenoxy) is 1. The number of nitrogens with zero attached hydrogens (tertiary/aromatic N) is 1. The molecule has 1 aliphatic carbocycles. The first-order chi connectivity index (χ1) is 10.0. The molecule has 2 atom stereocenters. The summed E-state index contributed by atoms with van der Waals surface area (Å²) in [5, 5.41) is 3.95. The van der Waals surface area contributed by atoms with Gasteiger partial charge in [0, 0.05) is 37.8 Å². The summed E-state index contributed by atoms with van der Waals surface area (Å²) in [6, 6.07) is 0.665. The van der Waals surface area contributed by atoms with Gasteiger partial charge in [-0.25, -0.2) is 0 Å². The van der Waals surface area contributed by atoms with Gasteiger partial charge in [0.25, 0.3) is 0 Å². The maximum absolute atomic E-state index is 6.08. The van der Waals surface area contributed by atoms with Crippen LogP contribution in [0.15, 0.2) is 0 Å². The first-order valence-corrected chi connectivity index (χ1v) is 9.15. The molecule has 0 radical (unpaired) electrons. The Labute approximate surface area is 130 Å². The number of rotatable bonds is 3. The van der Waals surface area contributed by atoms with E-state index in [1.54, 1.807) is 0 Å². The number of hydrogen-bond donors (Lipinski definition) is 1. The quantitative estimate of drug-likeness (QED) is 0.865. The second-order valence-corrected chi connectivity index (χ2v) is 8.34. The first kappa shape index (κ1) is 15.8. The van der Waals surface area contributed by atoms with E-state index < -0.39 is 0 Å². The van der Waals surface area contributed by atoms with E-state index in [4.69, 9.17) is 4.74 Å². The molecule has 0 amide bonds. The topological polar surface area (TPSA) is 24.5 Å². The average molecular weight is 294 g/mol. The minimum atomic E-state index is 0.0976. The highest BCUT2D eigenvalue weighted by molar-refractivity contribution is 5.02. The summed E-state index contributed by atoms with van der Waals surface area (Å²) in [5.41, 5.74) is 0.499. The Morgan fingerprint density at radius 2 is 1.90 bits per heavy atom. The first-order valence-electron chi connectivity index (χ1n) is 9.15. The second-order valence-electron chi connectivity index (χ2n) is 8.34. The normalized spacial score (nSPS) is 37.4. The van der Waals surface area contributed by atoms with Gasteiger partial charge < -0.3 is 10.1 Å². The van der Waals surface area contributed by atoms with Crippen molar-refractivity contribution < 1.29 is 4.74 Å².